The molecule has 24 heavy (non-hydrogen) atoms. The second kappa shape index (κ2) is 7.79. The third-order valence-corrected chi connectivity index (χ3v) is 4.64. The molecule has 4 nitrogen and oxygen atoms in total. The Hall–Kier alpha value is -1.88. The summed E-state index contributed by atoms with van der Waals surface area (Å²) in [6.45, 7) is 4.34. The summed E-state index contributed by atoms with van der Waals surface area (Å²) >= 11 is 6.10. The monoisotopic (exact) mass is 344 g/mol. The van der Waals surface area contributed by atoms with Crippen LogP contribution in [0.3, 0.4) is 0 Å². The summed E-state index contributed by atoms with van der Waals surface area (Å²) in [4.78, 5) is 14.5. The Morgan fingerprint density at radius 2 is 2.04 bits per heavy atom. The molecule has 1 atom stereocenters. The van der Waals surface area contributed by atoms with Crippen LogP contribution < -0.4 is 5.32 Å². The van der Waals surface area contributed by atoms with Gasteiger partial charge in [0.05, 0.1) is 19.3 Å². The third-order valence-electron chi connectivity index (χ3n) is 4.23. The summed E-state index contributed by atoms with van der Waals surface area (Å²) < 4.78 is 5.84. The van der Waals surface area contributed by atoms with Crippen LogP contribution in [0.15, 0.2) is 48.5 Å². The van der Waals surface area contributed by atoms with Gasteiger partial charge >= 0.3 is 0 Å². The van der Waals surface area contributed by atoms with Gasteiger partial charge in [-0.1, -0.05) is 48.0 Å². The molecule has 1 unspecified atom stereocenters. The quantitative estimate of drug-likeness (QED) is 0.920. The fraction of sp³-hybridized carbons (Fsp3) is 0.316. The Morgan fingerprint density at radius 1 is 1.25 bits per heavy atom. The zero-order valence-corrected chi connectivity index (χ0v) is 14.4. The minimum Gasteiger partial charge on any atom is -0.371 e. The maximum atomic E-state index is 12.4. The van der Waals surface area contributed by atoms with Crippen LogP contribution in [0.4, 0.5) is 5.69 Å². The van der Waals surface area contributed by atoms with Crippen molar-refractivity contribution in [2.45, 2.75) is 13.0 Å². The van der Waals surface area contributed by atoms with Crippen molar-refractivity contribution in [2.24, 2.45) is 0 Å². The molecule has 0 bridgehead atoms. The first kappa shape index (κ1) is 17.0. The first-order chi connectivity index (χ1) is 11.6. The van der Waals surface area contributed by atoms with E-state index in [0.29, 0.717) is 24.7 Å². The van der Waals surface area contributed by atoms with Crippen molar-refractivity contribution in [1.29, 1.82) is 0 Å². The third kappa shape index (κ3) is 4.15. The Morgan fingerprint density at radius 3 is 2.83 bits per heavy atom. The molecule has 0 aliphatic carbocycles. The van der Waals surface area contributed by atoms with Gasteiger partial charge in [-0.25, -0.2) is 0 Å². The lowest BCUT2D eigenvalue weighted by molar-refractivity contribution is -0.119. The SMILES string of the molecule is Cc1c(Cl)cccc1NC(=O)CN1CCOC(c2ccccc2)C1. The molecule has 1 amide bonds. The molecule has 0 aromatic heterocycles. The molecule has 1 N–H and O–H groups in total. The van der Waals surface area contributed by atoms with Gasteiger partial charge in [-0.3, -0.25) is 9.69 Å². The number of anilines is 1. The van der Waals surface area contributed by atoms with Crippen LogP contribution in [0, 0.1) is 6.92 Å². The number of hydrogen-bond acceptors (Lipinski definition) is 3. The number of hydrogen-bond donors (Lipinski definition) is 1. The molecule has 1 aliphatic rings. The largest absolute Gasteiger partial charge is 0.371 e. The highest BCUT2D eigenvalue weighted by atomic mass is 35.5. The fourth-order valence-electron chi connectivity index (χ4n) is 2.85. The van der Waals surface area contributed by atoms with Gasteiger partial charge in [0.25, 0.3) is 0 Å². The van der Waals surface area contributed by atoms with Gasteiger partial charge in [0.2, 0.25) is 5.91 Å². The highest BCUT2D eigenvalue weighted by Crippen LogP contribution is 2.24. The normalized spacial score (nSPS) is 18.3. The molecule has 0 saturated carbocycles. The fourth-order valence-corrected chi connectivity index (χ4v) is 3.03. The van der Waals surface area contributed by atoms with Crippen molar-refractivity contribution in [3.8, 4) is 0 Å². The number of nitrogens with one attached hydrogen (secondary N) is 1. The van der Waals surface area contributed by atoms with Crippen molar-refractivity contribution < 1.29 is 9.53 Å². The van der Waals surface area contributed by atoms with E-state index in [1.807, 2.05) is 43.3 Å². The molecule has 1 aliphatic heterocycles. The second-order valence-corrected chi connectivity index (χ2v) is 6.37. The van der Waals surface area contributed by atoms with E-state index in [1.54, 1.807) is 0 Å². The van der Waals surface area contributed by atoms with Crippen molar-refractivity contribution in [3.05, 3.63) is 64.7 Å². The number of rotatable bonds is 4. The predicted molar refractivity (Wildman–Crippen MR) is 96.4 cm³/mol. The number of halogens is 1. The van der Waals surface area contributed by atoms with Gasteiger partial charge < -0.3 is 10.1 Å². The van der Waals surface area contributed by atoms with E-state index in [9.17, 15) is 4.79 Å². The lowest BCUT2D eigenvalue weighted by atomic mass is 10.1. The van der Waals surface area contributed by atoms with E-state index >= 15 is 0 Å². The smallest absolute Gasteiger partial charge is 0.238 e. The molecule has 1 heterocycles. The average molecular weight is 345 g/mol. The van der Waals surface area contributed by atoms with Crippen molar-refractivity contribution in [3.63, 3.8) is 0 Å². The van der Waals surface area contributed by atoms with Gasteiger partial charge in [-0.2, -0.15) is 0 Å². The van der Waals surface area contributed by atoms with E-state index in [2.05, 4.69) is 22.3 Å². The minimum atomic E-state index is -0.0333. The second-order valence-electron chi connectivity index (χ2n) is 5.97. The first-order valence-electron chi connectivity index (χ1n) is 8.07. The van der Waals surface area contributed by atoms with Gasteiger partial charge in [-0.05, 0) is 30.2 Å². The molecule has 2 aromatic rings. The summed E-state index contributed by atoms with van der Waals surface area (Å²) in [5.41, 5.74) is 2.80. The molecular weight excluding hydrogens is 324 g/mol. The average Bonchev–Trinajstić information content (AvgIpc) is 2.60. The number of carbonyl (C=O) groups is 1. The highest BCUT2D eigenvalue weighted by Gasteiger charge is 2.23. The number of ether oxygens (including phenoxy) is 1. The number of amides is 1. The molecule has 3 rings (SSSR count). The number of carbonyl (C=O) groups excluding carboxylic acids is 1. The summed E-state index contributed by atoms with van der Waals surface area (Å²) in [5, 5.41) is 3.60. The number of morpholine rings is 1. The van der Waals surface area contributed by atoms with Gasteiger partial charge in [0.15, 0.2) is 0 Å². The van der Waals surface area contributed by atoms with Crippen LogP contribution in [0.5, 0.6) is 0 Å². The van der Waals surface area contributed by atoms with Crippen LogP contribution in [-0.4, -0.2) is 37.0 Å². The van der Waals surface area contributed by atoms with Crippen LogP contribution >= 0.6 is 11.6 Å². The minimum absolute atomic E-state index is 0.0145. The predicted octanol–water partition coefficient (Wildman–Crippen LogP) is 3.66. The van der Waals surface area contributed by atoms with Crippen LogP contribution in [0.2, 0.25) is 5.02 Å². The molecule has 0 spiro atoms. The zero-order valence-electron chi connectivity index (χ0n) is 13.7. The molecule has 2 aromatic carbocycles. The van der Waals surface area contributed by atoms with Crippen molar-refractivity contribution in [1.82, 2.24) is 4.90 Å². The zero-order chi connectivity index (χ0) is 16.9. The summed E-state index contributed by atoms with van der Waals surface area (Å²) in [7, 11) is 0. The Bertz CT molecular complexity index is 706. The van der Waals surface area contributed by atoms with Crippen LogP contribution in [0.1, 0.15) is 17.2 Å². The standard InChI is InChI=1S/C19H21ClN2O2/c1-14-16(20)8-5-9-17(14)21-19(23)13-22-10-11-24-18(12-22)15-6-3-2-4-7-15/h2-9,18H,10-13H2,1H3,(H,21,23). The Kier molecular flexibility index (Phi) is 5.51. The summed E-state index contributed by atoms with van der Waals surface area (Å²) in [6, 6.07) is 15.6. The summed E-state index contributed by atoms with van der Waals surface area (Å²) in [6.07, 6.45) is 0.0145. The number of nitrogens with zero attached hydrogens (tertiary/aromatic N) is 1. The van der Waals surface area contributed by atoms with Crippen molar-refractivity contribution >= 4 is 23.2 Å². The summed E-state index contributed by atoms with van der Waals surface area (Å²) in [5.74, 6) is -0.0333. The van der Waals surface area contributed by atoms with Crippen LogP contribution in [0.25, 0.3) is 0 Å². The Balaban J connectivity index is 1.59. The molecule has 1 saturated heterocycles. The maximum Gasteiger partial charge on any atom is 0.238 e. The van der Waals surface area contributed by atoms with E-state index in [0.717, 1.165) is 23.4 Å². The lowest BCUT2D eigenvalue weighted by Gasteiger charge is -2.32. The van der Waals surface area contributed by atoms with Crippen LogP contribution in [-0.2, 0) is 9.53 Å². The molecular formula is C19H21ClN2O2. The van der Waals surface area contributed by atoms with E-state index in [-0.39, 0.29) is 12.0 Å². The first-order valence-corrected chi connectivity index (χ1v) is 8.45. The molecule has 126 valence electrons. The Labute approximate surface area is 147 Å². The van der Waals surface area contributed by atoms with E-state index in [4.69, 9.17) is 16.3 Å². The van der Waals surface area contributed by atoms with Crippen molar-refractivity contribution in [2.75, 3.05) is 31.6 Å². The van der Waals surface area contributed by atoms with Gasteiger partial charge in [0.1, 0.15) is 0 Å². The van der Waals surface area contributed by atoms with Gasteiger partial charge in [0, 0.05) is 23.8 Å². The highest BCUT2D eigenvalue weighted by molar-refractivity contribution is 6.31. The molecule has 0 radical (unpaired) electrons. The molecule has 5 heteroatoms. The molecule has 1 fully saturated rings. The van der Waals surface area contributed by atoms with Gasteiger partial charge in [-0.15, -0.1) is 0 Å². The van der Waals surface area contributed by atoms with E-state index < -0.39 is 0 Å². The van der Waals surface area contributed by atoms with E-state index in [1.165, 1.54) is 0 Å². The maximum absolute atomic E-state index is 12.4. The topological polar surface area (TPSA) is 41.6 Å². The number of benzene rings is 2. The lowest BCUT2D eigenvalue weighted by Crippen LogP contribution is -2.42.